The highest BCUT2D eigenvalue weighted by Crippen LogP contribution is 2.27. The van der Waals surface area contributed by atoms with E-state index in [4.69, 9.17) is 0 Å². The minimum absolute atomic E-state index is 0.122. The summed E-state index contributed by atoms with van der Waals surface area (Å²) in [6, 6.07) is 12.0. The van der Waals surface area contributed by atoms with E-state index >= 15 is 0 Å². The van der Waals surface area contributed by atoms with Gasteiger partial charge in [0, 0.05) is 23.3 Å². The number of nitrogens with zero attached hydrogens (tertiary/aromatic N) is 7. The third-order valence-corrected chi connectivity index (χ3v) is 6.09. The Labute approximate surface area is 205 Å². The van der Waals surface area contributed by atoms with E-state index in [2.05, 4.69) is 25.5 Å². The van der Waals surface area contributed by atoms with E-state index in [1.54, 1.807) is 42.9 Å². The SMILES string of the molecule is Cc1cc(NC(=O)c2ccc(C)c([N+](=O)[O-])c2)n(-c2ncnc3c2cnn3-c2cccc(C)c2C)n1. The molecule has 0 spiro atoms. The molecular weight excluding hydrogens is 460 g/mol. The molecule has 3 heterocycles. The predicted octanol–water partition coefficient (Wildman–Crippen LogP) is 4.40. The van der Waals surface area contributed by atoms with E-state index in [9.17, 15) is 14.9 Å². The van der Waals surface area contributed by atoms with Gasteiger partial charge in [0.25, 0.3) is 11.6 Å². The van der Waals surface area contributed by atoms with Crippen molar-refractivity contribution in [3.8, 4) is 11.5 Å². The van der Waals surface area contributed by atoms with Gasteiger partial charge < -0.3 is 5.32 Å². The number of hydrogen-bond acceptors (Lipinski definition) is 7. The second-order valence-corrected chi connectivity index (χ2v) is 8.51. The third-order valence-electron chi connectivity index (χ3n) is 6.09. The van der Waals surface area contributed by atoms with Crippen LogP contribution in [-0.4, -0.2) is 40.4 Å². The van der Waals surface area contributed by atoms with Gasteiger partial charge in [-0.3, -0.25) is 14.9 Å². The van der Waals surface area contributed by atoms with Crippen LogP contribution in [0.4, 0.5) is 11.5 Å². The summed E-state index contributed by atoms with van der Waals surface area (Å²) in [6.45, 7) is 7.48. The van der Waals surface area contributed by atoms with Crippen molar-refractivity contribution < 1.29 is 9.72 Å². The Morgan fingerprint density at radius 3 is 2.58 bits per heavy atom. The number of aryl methyl sites for hydroxylation is 3. The van der Waals surface area contributed by atoms with Gasteiger partial charge in [0.05, 0.1) is 27.9 Å². The molecule has 5 aromatic rings. The first kappa shape index (κ1) is 22.8. The number of anilines is 1. The zero-order valence-electron chi connectivity index (χ0n) is 20.1. The van der Waals surface area contributed by atoms with Crippen LogP contribution in [0.3, 0.4) is 0 Å². The smallest absolute Gasteiger partial charge is 0.273 e. The van der Waals surface area contributed by atoms with Crippen LogP contribution in [0.2, 0.25) is 0 Å². The number of amides is 1. The lowest BCUT2D eigenvalue weighted by Gasteiger charge is -2.11. The molecule has 2 aromatic carbocycles. The fraction of sp³-hybridized carbons (Fsp3) is 0.160. The largest absolute Gasteiger partial charge is 0.306 e. The van der Waals surface area contributed by atoms with Gasteiger partial charge in [-0.15, -0.1) is 0 Å². The third kappa shape index (κ3) is 3.86. The molecule has 3 aromatic heterocycles. The van der Waals surface area contributed by atoms with Crippen molar-refractivity contribution in [3.05, 3.63) is 93.1 Å². The Morgan fingerprint density at radius 2 is 1.81 bits per heavy atom. The molecule has 36 heavy (non-hydrogen) atoms. The van der Waals surface area contributed by atoms with Gasteiger partial charge in [0.2, 0.25) is 0 Å². The minimum atomic E-state index is -0.508. The summed E-state index contributed by atoms with van der Waals surface area (Å²) < 4.78 is 3.26. The topological polar surface area (TPSA) is 134 Å². The molecule has 1 N–H and O–H groups in total. The first-order valence-corrected chi connectivity index (χ1v) is 11.1. The highest BCUT2D eigenvalue weighted by molar-refractivity contribution is 6.04. The maximum atomic E-state index is 13.0. The second kappa shape index (κ2) is 8.69. The van der Waals surface area contributed by atoms with Crippen LogP contribution in [0.1, 0.15) is 32.7 Å². The summed E-state index contributed by atoms with van der Waals surface area (Å²) in [5, 5.41) is 23.8. The summed E-state index contributed by atoms with van der Waals surface area (Å²) in [6.07, 6.45) is 3.09. The number of nitro groups is 1. The van der Waals surface area contributed by atoms with E-state index in [0.717, 1.165) is 16.8 Å². The van der Waals surface area contributed by atoms with Gasteiger partial charge in [0.15, 0.2) is 11.5 Å². The molecule has 0 saturated carbocycles. The van der Waals surface area contributed by atoms with Crippen molar-refractivity contribution in [1.29, 1.82) is 0 Å². The van der Waals surface area contributed by atoms with Crippen molar-refractivity contribution in [3.63, 3.8) is 0 Å². The molecule has 0 atom stereocenters. The molecule has 0 aliphatic heterocycles. The van der Waals surface area contributed by atoms with Crippen LogP contribution in [0.5, 0.6) is 0 Å². The molecule has 180 valence electrons. The highest BCUT2D eigenvalue weighted by Gasteiger charge is 2.20. The van der Waals surface area contributed by atoms with Gasteiger partial charge in [0.1, 0.15) is 12.1 Å². The van der Waals surface area contributed by atoms with Gasteiger partial charge in [-0.1, -0.05) is 18.2 Å². The lowest BCUT2D eigenvalue weighted by atomic mass is 10.1. The van der Waals surface area contributed by atoms with Gasteiger partial charge in [-0.2, -0.15) is 14.9 Å². The molecule has 0 saturated heterocycles. The lowest BCUT2D eigenvalue weighted by Crippen LogP contribution is -2.16. The number of nitro benzene ring substituents is 1. The predicted molar refractivity (Wildman–Crippen MR) is 134 cm³/mol. The average molecular weight is 483 g/mol. The van der Waals surface area contributed by atoms with Crippen LogP contribution < -0.4 is 5.32 Å². The van der Waals surface area contributed by atoms with Crippen molar-refractivity contribution in [2.24, 2.45) is 0 Å². The zero-order valence-corrected chi connectivity index (χ0v) is 20.1. The van der Waals surface area contributed by atoms with E-state index in [0.29, 0.717) is 33.9 Å². The molecule has 0 fully saturated rings. The van der Waals surface area contributed by atoms with E-state index in [1.807, 2.05) is 32.0 Å². The quantitative estimate of drug-likeness (QED) is 0.290. The maximum absolute atomic E-state index is 13.0. The van der Waals surface area contributed by atoms with Crippen molar-refractivity contribution in [2.75, 3.05) is 5.32 Å². The normalized spacial score (nSPS) is 11.1. The van der Waals surface area contributed by atoms with Crippen LogP contribution in [0.15, 0.2) is 55.0 Å². The Bertz CT molecular complexity index is 1670. The molecule has 11 nitrogen and oxygen atoms in total. The fourth-order valence-corrected chi connectivity index (χ4v) is 4.03. The summed E-state index contributed by atoms with van der Waals surface area (Å²) >= 11 is 0. The summed E-state index contributed by atoms with van der Waals surface area (Å²) in [7, 11) is 0. The van der Waals surface area contributed by atoms with Crippen molar-refractivity contribution in [2.45, 2.75) is 27.7 Å². The number of carbonyl (C=O) groups excluding carboxylic acids is 1. The molecule has 0 unspecified atom stereocenters. The molecule has 0 bridgehead atoms. The first-order valence-electron chi connectivity index (χ1n) is 11.1. The summed E-state index contributed by atoms with van der Waals surface area (Å²) in [5.41, 5.74) is 4.87. The highest BCUT2D eigenvalue weighted by atomic mass is 16.6. The molecule has 1 amide bonds. The minimum Gasteiger partial charge on any atom is -0.306 e. The fourth-order valence-electron chi connectivity index (χ4n) is 4.03. The van der Waals surface area contributed by atoms with Gasteiger partial charge >= 0.3 is 0 Å². The molecule has 11 heteroatoms. The summed E-state index contributed by atoms with van der Waals surface area (Å²) in [5.74, 6) is 0.297. The number of aromatic nitrogens is 6. The number of rotatable bonds is 5. The molecule has 0 radical (unpaired) electrons. The summed E-state index contributed by atoms with van der Waals surface area (Å²) in [4.78, 5) is 32.7. The van der Waals surface area contributed by atoms with Crippen LogP contribution in [0.25, 0.3) is 22.5 Å². The van der Waals surface area contributed by atoms with E-state index in [1.165, 1.54) is 17.1 Å². The first-order chi connectivity index (χ1) is 17.2. The Hall–Kier alpha value is -4.93. The van der Waals surface area contributed by atoms with Crippen molar-refractivity contribution >= 4 is 28.4 Å². The Morgan fingerprint density at radius 1 is 1.00 bits per heavy atom. The van der Waals surface area contributed by atoms with E-state index < -0.39 is 10.8 Å². The number of fused-ring (bicyclic) bond motifs is 1. The number of nitrogens with one attached hydrogen (secondary N) is 1. The maximum Gasteiger partial charge on any atom is 0.273 e. The second-order valence-electron chi connectivity index (χ2n) is 8.51. The standard InChI is InChI=1S/C25H22N8O3/c1-14-6-5-7-20(17(14)4)31-23-19(12-28-31)24(27-13-26-23)32-22(10-16(3)30-32)29-25(34)18-9-8-15(2)21(11-18)33(35)36/h5-13H,1-4H3,(H,29,34). The zero-order chi connectivity index (χ0) is 25.6. The molecule has 0 aliphatic rings. The Kier molecular flexibility index (Phi) is 5.51. The van der Waals surface area contributed by atoms with Gasteiger partial charge in [-0.05, 0) is 51.0 Å². The van der Waals surface area contributed by atoms with Crippen LogP contribution >= 0.6 is 0 Å². The average Bonchev–Trinajstić information content (AvgIpc) is 3.44. The van der Waals surface area contributed by atoms with Crippen LogP contribution in [0, 0.1) is 37.8 Å². The van der Waals surface area contributed by atoms with Gasteiger partial charge in [-0.25, -0.2) is 14.6 Å². The molecule has 5 rings (SSSR count). The molecular formula is C25H22N8O3. The Balaban J connectivity index is 1.56. The monoisotopic (exact) mass is 482 g/mol. The number of hydrogen-bond donors (Lipinski definition) is 1. The number of carbonyl (C=O) groups is 1. The van der Waals surface area contributed by atoms with Crippen LogP contribution in [-0.2, 0) is 0 Å². The van der Waals surface area contributed by atoms with Crippen molar-refractivity contribution in [1.82, 2.24) is 29.5 Å². The molecule has 0 aliphatic carbocycles. The number of benzene rings is 2. The van der Waals surface area contributed by atoms with E-state index in [-0.39, 0.29) is 11.3 Å². The lowest BCUT2D eigenvalue weighted by molar-refractivity contribution is -0.385.